The summed E-state index contributed by atoms with van der Waals surface area (Å²) in [6.45, 7) is 6.83. The van der Waals surface area contributed by atoms with Crippen LogP contribution in [0.3, 0.4) is 0 Å². The number of amidine groups is 1. The molecule has 0 aliphatic carbocycles. The van der Waals surface area contributed by atoms with E-state index in [1.165, 1.54) is 17.3 Å². The predicted molar refractivity (Wildman–Crippen MR) is 138 cm³/mol. The van der Waals surface area contributed by atoms with Gasteiger partial charge in [0.15, 0.2) is 5.17 Å². The minimum absolute atomic E-state index is 0.0930. The highest BCUT2D eigenvalue weighted by Crippen LogP contribution is 2.34. The zero-order valence-corrected chi connectivity index (χ0v) is 20.5. The standard InChI is InChI=1S/C27H27N3O3S/c1-27(2,3)21-11-7-20(8-12-21)17-28-29-26-30(18-23-6-5-15-33-23)25(31)24(34-26)16-19-9-13-22(32-4)14-10-19/h5-17H,18H2,1-4H3/b24-16-,28-17+,29-26-. The van der Waals surface area contributed by atoms with E-state index >= 15 is 0 Å². The largest absolute Gasteiger partial charge is 0.497 e. The fourth-order valence-electron chi connectivity index (χ4n) is 3.35. The molecule has 1 aromatic heterocycles. The molecule has 174 valence electrons. The van der Waals surface area contributed by atoms with E-state index in [0.29, 0.717) is 15.8 Å². The van der Waals surface area contributed by atoms with E-state index in [1.54, 1.807) is 30.6 Å². The van der Waals surface area contributed by atoms with Crippen molar-refractivity contribution in [2.24, 2.45) is 10.2 Å². The molecule has 0 saturated carbocycles. The molecule has 34 heavy (non-hydrogen) atoms. The van der Waals surface area contributed by atoms with Gasteiger partial charge >= 0.3 is 0 Å². The summed E-state index contributed by atoms with van der Waals surface area (Å²) in [7, 11) is 1.62. The Morgan fingerprint density at radius 2 is 1.74 bits per heavy atom. The Kier molecular flexibility index (Phi) is 7.03. The first kappa shape index (κ1) is 23.6. The molecule has 2 heterocycles. The van der Waals surface area contributed by atoms with Gasteiger partial charge in [-0.15, -0.1) is 5.10 Å². The Hall–Kier alpha value is -3.58. The predicted octanol–water partition coefficient (Wildman–Crippen LogP) is 6.09. The summed E-state index contributed by atoms with van der Waals surface area (Å²) in [6.07, 6.45) is 5.13. The van der Waals surface area contributed by atoms with Gasteiger partial charge < -0.3 is 9.15 Å². The first-order valence-electron chi connectivity index (χ1n) is 10.9. The minimum Gasteiger partial charge on any atom is -0.497 e. The third kappa shape index (κ3) is 5.66. The van der Waals surface area contributed by atoms with Crippen LogP contribution in [0, 0.1) is 0 Å². The summed E-state index contributed by atoms with van der Waals surface area (Å²) < 4.78 is 10.7. The van der Waals surface area contributed by atoms with Gasteiger partial charge in [0.25, 0.3) is 5.91 Å². The second kappa shape index (κ2) is 10.1. The monoisotopic (exact) mass is 473 g/mol. The quantitative estimate of drug-likeness (QED) is 0.247. The van der Waals surface area contributed by atoms with E-state index < -0.39 is 0 Å². The number of nitrogens with zero attached hydrogens (tertiary/aromatic N) is 3. The molecule has 0 bridgehead atoms. The number of carbonyl (C=O) groups is 1. The van der Waals surface area contributed by atoms with Crippen LogP contribution in [0.1, 0.15) is 43.2 Å². The van der Waals surface area contributed by atoms with Gasteiger partial charge in [-0.25, -0.2) is 0 Å². The van der Waals surface area contributed by atoms with Crippen LogP contribution in [0.25, 0.3) is 6.08 Å². The van der Waals surface area contributed by atoms with Crippen molar-refractivity contribution in [1.29, 1.82) is 0 Å². The van der Waals surface area contributed by atoms with Crippen LogP contribution in [0.4, 0.5) is 0 Å². The fourth-order valence-corrected chi connectivity index (χ4v) is 4.28. The molecule has 4 rings (SSSR count). The van der Waals surface area contributed by atoms with Crippen molar-refractivity contribution in [3.63, 3.8) is 0 Å². The molecule has 1 aliphatic rings. The van der Waals surface area contributed by atoms with Gasteiger partial charge in [-0.3, -0.25) is 9.69 Å². The molecule has 1 aliphatic heterocycles. The van der Waals surface area contributed by atoms with Gasteiger partial charge in [0, 0.05) is 0 Å². The Morgan fingerprint density at radius 1 is 1.03 bits per heavy atom. The summed E-state index contributed by atoms with van der Waals surface area (Å²) in [4.78, 5) is 15.3. The minimum atomic E-state index is -0.138. The molecule has 0 spiro atoms. The van der Waals surface area contributed by atoms with Crippen molar-refractivity contribution in [3.05, 3.63) is 94.3 Å². The molecule has 1 fully saturated rings. The molecule has 7 heteroatoms. The summed E-state index contributed by atoms with van der Waals surface area (Å²) in [5, 5.41) is 9.14. The van der Waals surface area contributed by atoms with Crippen LogP contribution < -0.4 is 4.74 Å². The molecule has 0 atom stereocenters. The number of benzene rings is 2. The van der Waals surface area contributed by atoms with Gasteiger partial charge in [0.05, 0.1) is 31.0 Å². The summed E-state index contributed by atoms with van der Waals surface area (Å²) in [5.41, 5.74) is 3.19. The van der Waals surface area contributed by atoms with E-state index in [2.05, 4.69) is 43.1 Å². The average molecular weight is 474 g/mol. The maximum Gasteiger partial charge on any atom is 0.267 e. The van der Waals surface area contributed by atoms with Gasteiger partial charge in [-0.2, -0.15) is 5.10 Å². The highest BCUT2D eigenvalue weighted by Gasteiger charge is 2.34. The number of rotatable bonds is 6. The number of carbonyl (C=O) groups excluding carboxylic acids is 1. The fraction of sp³-hybridized carbons (Fsp3) is 0.222. The Bertz CT molecular complexity index is 1220. The Morgan fingerprint density at radius 3 is 2.35 bits per heavy atom. The second-order valence-electron chi connectivity index (χ2n) is 8.85. The molecular weight excluding hydrogens is 446 g/mol. The first-order chi connectivity index (χ1) is 16.3. The highest BCUT2D eigenvalue weighted by molar-refractivity contribution is 8.18. The molecule has 0 unspecified atom stereocenters. The molecule has 0 radical (unpaired) electrons. The van der Waals surface area contributed by atoms with Crippen LogP contribution in [0.5, 0.6) is 5.75 Å². The maximum atomic E-state index is 13.2. The highest BCUT2D eigenvalue weighted by atomic mass is 32.2. The number of hydrogen-bond acceptors (Lipinski definition) is 6. The van der Waals surface area contributed by atoms with Crippen molar-refractivity contribution in [2.45, 2.75) is 32.7 Å². The molecule has 1 amide bonds. The third-order valence-electron chi connectivity index (χ3n) is 5.32. The van der Waals surface area contributed by atoms with Crippen molar-refractivity contribution in [3.8, 4) is 5.75 Å². The van der Waals surface area contributed by atoms with Crippen LogP contribution >= 0.6 is 11.8 Å². The topological polar surface area (TPSA) is 67.4 Å². The maximum absolute atomic E-state index is 13.2. The lowest BCUT2D eigenvalue weighted by molar-refractivity contribution is -0.122. The van der Waals surface area contributed by atoms with Gasteiger partial charge in [0.1, 0.15) is 11.5 Å². The smallest absolute Gasteiger partial charge is 0.267 e. The molecule has 0 N–H and O–H groups in total. The summed E-state index contributed by atoms with van der Waals surface area (Å²) in [6, 6.07) is 19.4. The molecule has 3 aromatic rings. The Labute approximate surface area is 204 Å². The van der Waals surface area contributed by atoms with Crippen LogP contribution in [0.2, 0.25) is 0 Å². The van der Waals surface area contributed by atoms with Crippen molar-refractivity contribution < 1.29 is 13.9 Å². The summed E-state index contributed by atoms with van der Waals surface area (Å²) in [5.74, 6) is 1.30. The number of ether oxygens (including phenoxy) is 1. The van der Waals surface area contributed by atoms with E-state index in [-0.39, 0.29) is 17.9 Å². The van der Waals surface area contributed by atoms with Crippen molar-refractivity contribution >= 4 is 35.1 Å². The van der Waals surface area contributed by atoms with E-state index in [4.69, 9.17) is 9.15 Å². The molecular formula is C27H27N3O3S. The Balaban J connectivity index is 1.57. The lowest BCUT2D eigenvalue weighted by Gasteiger charge is -2.18. The number of hydrogen-bond donors (Lipinski definition) is 0. The van der Waals surface area contributed by atoms with E-state index in [0.717, 1.165) is 16.9 Å². The van der Waals surface area contributed by atoms with Gasteiger partial charge in [0.2, 0.25) is 0 Å². The third-order valence-corrected chi connectivity index (χ3v) is 6.32. The van der Waals surface area contributed by atoms with Crippen LogP contribution in [-0.2, 0) is 16.8 Å². The average Bonchev–Trinajstić information content (AvgIpc) is 3.44. The van der Waals surface area contributed by atoms with Crippen LogP contribution in [-0.4, -0.2) is 29.3 Å². The van der Waals surface area contributed by atoms with Crippen LogP contribution in [0.15, 0.2) is 86.5 Å². The van der Waals surface area contributed by atoms with Crippen molar-refractivity contribution in [1.82, 2.24) is 4.90 Å². The number of amides is 1. The lowest BCUT2D eigenvalue weighted by atomic mass is 9.87. The normalized spacial score (nSPS) is 16.8. The SMILES string of the molecule is COc1ccc(/C=C2\S/C(=N\N=C\c3ccc(C(C)(C)C)cc3)N(Cc3ccco3)C2=O)cc1. The van der Waals surface area contributed by atoms with E-state index in [9.17, 15) is 4.79 Å². The van der Waals surface area contributed by atoms with E-state index in [1.807, 2.05) is 48.5 Å². The molecule has 2 aromatic carbocycles. The second-order valence-corrected chi connectivity index (χ2v) is 9.86. The lowest BCUT2D eigenvalue weighted by Crippen LogP contribution is -2.28. The zero-order valence-electron chi connectivity index (χ0n) is 19.7. The van der Waals surface area contributed by atoms with Crippen molar-refractivity contribution in [2.75, 3.05) is 7.11 Å². The van der Waals surface area contributed by atoms with Gasteiger partial charge in [-0.1, -0.05) is 57.2 Å². The number of methoxy groups -OCH3 is 1. The number of furan rings is 1. The number of thioether (sulfide) groups is 1. The molecule has 1 saturated heterocycles. The molecule has 6 nitrogen and oxygen atoms in total. The first-order valence-corrected chi connectivity index (χ1v) is 11.7. The summed E-state index contributed by atoms with van der Waals surface area (Å²) >= 11 is 1.30. The zero-order chi connectivity index (χ0) is 24.1. The van der Waals surface area contributed by atoms with Gasteiger partial charge in [-0.05, 0) is 64.2 Å².